The van der Waals surface area contributed by atoms with Crippen LogP contribution in [0.2, 0.25) is 0 Å². The van der Waals surface area contributed by atoms with Gasteiger partial charge in [0, 0.05) is 12.1 Å². The minimum atomic E-state index is -4.39. The van der Waals surface area contributed by atoms with Gasteiger partial charge in [0.05, 0.1) is 66.7 Å². The maximum atomic E-state index is 15.5. The summed E-state index contributed by atoms with van der Waals surface area (Å²) in [5.41, 5.74) is -1.05. The molecule has 0 radical (unpaired) electrons. The average Bonchev–Trinajstić information content (AvgIpc) is 2.93. The van der Waals surface area contributed by atoms with Crippen LogP contribution in [0.4, 0.5) is 11.4 Å². The molecule has 0 aromatic heterocycles. The minimum Gasteiger partial charge on any atom is -0.484 e. The Kier molecular flexibility index (Phi) is 11.9. The van der Waals surface area contributed by atoms with Gasteiger partial charge < -0.3 is 28.2 Å². The standard InChI is InChI=1S/C30H43N2O11P/c1-8-43-44(37)25-19-21(29(2,3)4)17-23(31(33)34)27(25)41-15-13-39-11-9-38-10-12-40-14-16-42-28-24(32(35)36)18-22(20-26(28)44)30(5,6)7/h17-20H,8-16H2,1-7H3. The van der Waals surface area contributed by atoms with Crippen molar-refractivity contribution in [1.29, 1.82) is 0 Å². The molecule has 244 valence electrons. The summed E-state index contributed by atoms with van der Waals surface area (Å²) in [5.74, 6) is -0.530. The second-order valence-corrected chi connectivity index (χ2v) is 14.5. The molecule has 0 bridgehead atoms. The number of nitrogens with zero attached hydrogens (tertiary/aromatic N) is 2. The van der Waals surface area contributed by atoms with E-state index in [1.165, 1.54) is 12.1 Å². The molecule has 2 aromatic carbocycles. The number of nitro groups is 2. The number of nitro benzene ring substituents is 2. The van der Waals surface area contributed by atoms with Crippen LogP contribution in [0, 0.1) is 20.2 Å². The molecule has 13 nitrogen and oxygen atoms in total. The van der Waals surface area contributed by atoms with Gasteiger partial charge in [-0.1, -0.05) is 41.5 Å². The van der Waals surface area contributed by atoms with Crippen LogP contribution < -0.4 is 20.1 Å². The quantitative estimate of drug-likeness (QED) is 0.247. The summed E-state index contributed by atoms with van der Waals surface area (Å²) in [6, 6.07) is 5.90. The Morgan fingerprint density at radius 2 is 1.02 bits per heavy atom. The van der Waals surface area contributed by atoms with Gasteiger partial charge in [-0.25, -0.2) is 0 Å². The van der Waals surface area contributed by atoms with Gasteiger partial charge in [0.25, 0.3) is 7.37 Å². The van der Waals surface area contributed by atoms with E-state index in [1.54, 1.807) is 19.1 Å². The first-order chi connectivity index (χ1) is 20.6. The number of rotatable bonds is 4. The third kappa shape index (κ3) is 8.54. The molecule has 2 aromatic rings. The Morgan fingerprint density at radius 1 is 0.682 bits per heavy atom. The molecule has 14 heteroatoms. The highest BCUT2D eigenvalue weighted by molar-refractivity contribution is 7.74. The largest absolute Gasteiger partial charge is 0.484 e. The van der Waals surface area contributed by atoms with E-state index in [0.29, 0.717) is 24.3 Å². The molecule has 0 aliphatic carbocycles. The average molecular weight is 639 g/mol. The molecule has 0 N–H and O–H groups in total. The van der Waals surface area contributed by atoms with E-state index < -0.39 is 39.4 Å². The molecule has 1 aliphatic rings. The first kappa shape index (κ1) is 35.4. The van der Waals surface area contributed by atoms with Gasteiger partial charge in [0.1, 0.15) is 13.2 Å². The maximum absolute atomic E-state index is 15.5. The van der Waals surface area contributed by atoms with Crippen molar-refractivity contribution in [2.24, 2.45) is 0 Å². The predicted octanol–water partition coefficient (Wildman–Crippen LogP) is 5.18. The molecule has 1 aliphatic heterocycles. The summed E-state index contributed by atoms with van der Waals surface area (Å²) in [6.07, 6.45) is 0. The SMILES string of the molecule is CCOP1(=O)c2cc(C(C)(C)C)cc([N+](=O)[O-])c2OCCOCCOCCOCCOc2c([N+](=O)[O-])cc(C(C)(C)C)cc21. The van der Waals surface area contributed by atoms with Crippen molar-refractivity contribution >= 4 is 29.4 Å². The van der Waals surface area contributed by atoms with E-state index >= 15 is 4.57 Å². The van der Waals surface area contributed by atoms with Gasteiger partial charge in [-0.2, -0.15) is 0 Å². The fraction of sp³-hybridized carbons (Fsp3) is 0.600. The van der Waals surface area contributed by atoms with Crippen LogP contribution in [-0.4, -0.2) is 69.3 Å². The Bertz CT molecular complexity index is 1290. The van der Waals surface area contributed by atoms with E-state index in [4.69, 9.17) is 28.2 Å². The molecular formula is C30H43N2O11P. The first-order valence-electron chi connectivity index (χ1n) is 14.5. The fourth-order valence-electron chi connectivity index (χ4n) is 4.47. The van der Waals surface area contributed by atoms with Crippen LogP contribution >= 0.6 is 7.37 Å². The van der Waals surface area contributed by atoms with Crippen molar-refractivity contribution < 1.29 is 42.6 Å². The zero-order valence-electron chi connectivity index (χ0n) is 26.5. The predicted molar refractivity (Wildman–Crippen MR) is 166 cm³/mol. The van der Waals surface area contributed by atoms with Crippen molar-refractivity contribution in [3.05, 3.63) is 55.6 Å². The molecule has 1 heterocycles. The van der Waals surface area contributed by atoms with Crippen LogP contribution in [0.25, 0.3) is 0 Å². The van der Waals surface area contributed by atoms with Crippen molar-refractivity contribution in [2.45, 2.75) is 59.3 Å². The number of benzene rings is 2. The lowest BCUT2D eigenvalue weighted by Crippen LogP contribution is -2.28. The van der Waals surface area contributed by atoms with Crippen LogP contribution in [0.15, 0.2) is 24.3 Å². The monoisotopic (exact) mass is 638 g/mol. The van der Waals surface area contributed by atoms with Crippen molar-refractivity contribution in [3.8, 4) is 11.5 Å². The topological polar surface area (TPSA) is 159 Å². The van der Waals surface area contributed by atoms with Crippen molar-refractivity contribution in [3.63, 3.8) is 0 Å². The highest BCUT2D eigenvalue weighted by atomic mass is 31.2. The summed E-state index contributed by atoms with van der Waals surface area (Å²) in [5, 5.41) is 24.7. The van der Waals surface area contributed by atoms with E-state index in [2.05, 4.69) is 0 Å². The van der Waals surface area contributed by atoms with Gasteiger partial charge in [-0.05, 0) is 41.0 Å². The Balaban J connectivity index is 2.46. The third-order valence-electron chi connectivity index (χ3n) is 6.86. The molecule has 0 saturated heterocycles. The number of ether oxygens (including phenoxy) is 5. The normalized spacial score (nSPS) is 17.2. The maximum Gasteiger partial charge on any atom is 0.312 e. The molecule has 3 rings (SSSR count). The molecule has 44 heavy (non-hydrogen) atoms. The fourth-order valence-corrected chi connectivity index (χ4v) is 6.88. The molecule has 0 spiro atoms. The van der Waals surface area contributed by atoms with Gasteiger partial charge >= 0.3 is 11.4 Å². The second-order valence-electron chi connectivity index (χ2n) is 12.2. The first-order valence-corrected chi connectivity index (χ1v) is 16.1. The summed E-state index contributed by atoms with van der Waals surface area (Å²) >= 11 is 0. The summed E-state index contributed by atoms with van der Waals surface area (Å²) in [7, 11) is -4.39. The Labute approximate surface area is 257 Å². The van der Waals surface area contributed by atoms with E-state index in [-0.39, 0.29) is 68.4 Å². The molecule has 0 atom stereocenters. The van der Waals surface area contributed by atoms with Crippen molar-refractivity contribution in [2.75, 3.05) is 59.5 Å². The van der Waals surface area contributed by atoms with Gasteiger partial charge in [-0.15, -0.1) is 0 Å². The van der Waals surface area contributed by atoms with Crippen LogP contribution in [0.5, 0.6) is 11.5 Å². The second kappa shape index (κ2) is 14.8. The van der Waals surface area contributed by atoms with Gasteiger partial charge in [0.15, 0.2) is 0 Å². The lowest BCUT2D eigenvalue weighted by atomic mass is 9.86. The molecule has 0 unspecified atom stereocenters. The molecule has 0 saturated carbocycles. The lowest BCUT2D eigenvalue weighted by molar-refractivity contribution is -0.386. The van der Waals surface area contributed by atoms with Crippen LogP contribution in [-0.2, 0) is 34.1 Å². The van der Waals surface area contributed by atoms with Gasteiger partial charge in [-0.3, -0.25) is 24.8 Å². The smallest absolute Gasteiger partial charge is 0.312 e. The minimum absolute atomic E-state index is 0.0652. The highest BCUT2D eigenvalue weighted by Crippen LogP contribution is 2.54. The molecular weight excluding hydrogens is 595 g/mol. The van der Waals surface area contributed by atoms with E-state index in [9.17, 15) is 20.2 Å². The van der Waals surface area contributed by atoms with Gasteiger partial charge in [0.2, 0.25) is 11.5 Å². The number of hydrogen-bond donors (Lipinski definition) is 0. The number of fused-ring (bicyclic) bond motifs is 2. The number of hydrogen-bond acceptors (Lipinski definition) is 11. The molecule has 0 amide bonds. The highest BCUT2D eigenvalue weighted by Gasteiger charge is 2.42. The molecule has 0 fully saturated rings. The zero-order chi connectivity index (χ0) is 32.7. The van der Waals surface area contributed by atoms with E-state index in [1.807, 2.05) is 41.5 Å². The summed E-state index contributed by atoms with van der Waals surface area (Å²) < 4.78 is 50.1. The van der Waals surface area contributed by atoms with Crippen LogP contribution in [0.3, 0.4) is 0 Å². The van der Waals surface area contributed by atoms with E-state index in [0.717, 1.165) is 0 Å². The lowest BCUT2D eigenvalue weighted by Gasteiger charge is -2.28. The third-order valence-corrected chi connectivity index (χ3v) is 9.42. The zero-order valence-corrected chi connectivity index (χ0v) is 27.4. The Morgan fingerprint density at radius 3 is 1.32 bits per heavy atom. The van der Waals surface area contributed by atoms with Crippen LogP contribution in [0.1, 0.15) is 59.6 Å². The summed E-state index contributed by atoms with van der Waals surface area (Å²) in [6.45, 7) is 13.7. The summed E-state index contributed by atoms with van der Waals surface area (Å²) in [4.78, 5) is 23.7. The Hall–Kier alpha value is -3.09. The van der Waals surface area contributed by atoms with Crippen molar-refractivity contribution in [1.82, 2.24) is 0 Å².